The Morgan fingerprint density at radius 3 is 2.61 bits per heavy atom. The molecule has 104 valence electrons. The molecule has 2 rings (SSSR count). The standard InChI is InChI=1S/C15H28N2O/c1-2-12-6-5-7-13(10-12)17-14(18)15(11-16)8-3-4-9-15/h12-13H,2-11,16H2,1H3,(H,17,18). The van der Waals surface area contributed by atoms with Crippen molar-refractivity contribution in [2.24, 2.45) is 17.1 Å². The minimum absolute atomic E-state index is 0.237. The third-order valence-electron chi connectivity index (χ3n) is 5.13. The van der Waals surface area contributed by atoms with Crippen LogP contribution < -0.4 is 11.1 Å². The summed E-state index contributed by atoms with van der Waals surface area (Å²) < 4.78 is 0. The molecule has 3 nitrogen and oxygen atoms in total. The van der Waals surface area contributed by atoms with Gasteiger partial charge in [-0.05, 0) is 31.6 Å². The van der Waals surface area contributed by atoms with Crippen molar-refractivity contribution in [2.45, 2.75) is 70.8 Å². The van der Waals surface area contributed by atoms with E-state index in [9.17, 15) is 4.79 Å². The highest BCUT2D eigenvalue weighted by atomic mass is 16.2. The van der Waals surface area contributed by atoms with Crippen LogP contribution in [0.4, 0.5) is 0 Å². The first-order chi connectivity index (χ1) is 8.70. The summed E-state index contributed by atoms with van der Waals surface area (Å²) >= 11 is 0. The highest BCUT2D eigenvalue weighted by molar-refractivity contribution is 5.83. The fraction of sp³-hybridized carbons (Fsp3) is 0.933. The molecule has 2 aliphatic rings. The largest absolute Gasteiger partial charge is 0.353 e. The van der Waals surface area contributed by atoms with Crippen molar-refractivity contribution in [3.8, 4) is 0 Å². The lowest BCUT2D eigenvalue weighted by molar-refractivity contribution is -0.131. The minimum Gasteiger partial charge on any atom is -0.353 e. The zero-order valence-corrected chi connectivity index (χ0v) is 11.7. The Morgan fingerprint density at radius 1 is 1.28 bits per heavy atom. The van der Waals surface area contributed by atoms with E-state index in [1.165, 1.54) is 25.7 Å². The Hall–Kier alpha value is -0.570. The summed E-state index contributed by atoms with van der Waals surface area (Å²) in [4.78, 5) is 12.5. The van der Waals surface area contributed by atoms with E-state index in [0.717, 1.165) is 38.0 Å². The third-order valence-corrected chi connectivity index (χ3v) is 5.13. The van der Waals surface area contributed by atoms with Crippen LogP contribution in [0.2, 0.25) is 0 Å². The van der Waals surface area contributed by atoms with Gasteiger partial charge in [0.15, 0.2) is 0 Å². The van der Waals surface area contributed by atoms with Crippen molar-refractivity contribution in [3.05, 3.63) is 0 Å². The van der Waals surface area contributed by atoms with Gasteiger partial charge in [-0.1, -0.05) is 39.0 Å². The molecule has 0 aliphatic heterocycles. The maximum Gasteiger partial charge on any atom is 0.227 e. The summed E-state index contributed by atoms with van der Waals surface area (Å²) in [7, 11) is 0. The van der Waals surface area contributed by atoms with Gasteiger partial charge < -0.3 is 11.1 Å². The molecule has 3 N–H and O–H groups in total. The number of amides is 1. The highest BCUT2D eigenvalue weighted by Crippen LogP contribution is 2.38. The summed E-state index contributed by atoms with van der Waals surface area (Å²) in [6, 6.07) is 0.403. The third kappa shape index (κ3) is 2.87. The van der Waals surface area contributed by atoms with Crippen LogP contribution in [0.15, 0.2) is 0 Å². The number of carbonyl (C=O) groups excluding carboxylic acids is 1. The Balaban J connectivity index is 1.90. The lowest BCUT2D eigenvalue weighted by Gasteiger charge is -2.33. The molecular formula is C15H28N2O. The molecule has 0 heterocycles. The van der Waals surface area contributed by atoms with Gasteiger partial charge in [-0.25, -0.2) is 0 Å². The molecule has 0 spiro atoms. The van der Waals surface area contributed by atoms with Gasteiger partial charge in [0.25, 0.3) is 0 Å². The van der Waals surface area contributed by atoms with Gasteiger partial charge in [0, 0.05) is 12.6 Å². The van der Waals surface area contributed by atoms with Gasteiger partial charge in [0.2, 0.25) is 5.91 Å². The molecule has 2 aliphatic carbocycles. The first-order valence-electron chi connectivity index (χ1n) is 7.71. The van der Waals surface area contributed by atoms with Crippen molar-refractivity contribution in [2.75, 3.05) is 6.54 Å². The summed E-state index contributed by atoms with van der Waals surface area (Å²) in [5.74, 6) is 1.05. The SMILES string of the molecule is CCC1CCCC(NC(=O)C2(CN)CCCC2)C1. The molecule has 3 heteroatoms. The summed E-state index contributed by atoms with van der Waals surface area (Å²) in [5.41, 5.74) is 5.63. The summed E-state index contributed by atoms with van der Waals surface area (Å²) in [6.07, 6.45) is 10.5. The monoisotopic (exact) mass is 252 g/mol. The molecule has 18 heavy (non-hydrogen) atoms. The normalized spacial score (nSPS) is 31.2. The van der Waals surface area contributed by atoms with E-state index < -0.39 is 0 Å². The van der Waals surface area contributed by atoms with Crippen LogP contribution in [0, 0.1) is 11.3 Å². The predicted octanol–water partition coefficient (Wildman–Crippen LogP) is 2.59. The van der Waals surface area contributed by atoms with Crippen molar-refractivity contribution < 1.29 is 4.79 Å². The van der Waals surface area contributed by atoms with Crippen molar-refractivity contribution in [1.29, 1.82) is 0 Å². The smallest absolute Gasteiger partial charge is 0.227 e. The van der Waals surface area contributed by atoms with E-state index in [-0.39, 0.29) is 11.3 Å². The zero-order chi connectivity index (χ0) is 13.0. The van der Waals surface area contributed by atoms with E-state index in [1.54, 1.807) is 0 Å². The average molecular weight is 252 g/mol. The lowest BCUT2D eigenvalue weighted by atomic mass is 9.81. The van der Waals surface area contributed by atoms with Gasteiger partial charge in [0.05, 0.1) is 5.41 Å². The lowest BCUT2D eigenvalue weighted by Crippen LogP contribution is -2.49. The van der Waals surface area contributed by atoms with Crippen LogP contribution in [0.1, 0.15) is 64.7 Å². The van der Waals surface area contributed by atoms with Gasteiger partial charge in [-0.3, -0.25) is 4.79 Å². The fourth-order valence-electron chi connectivity index (χ4n) is 3.71. The van der Waals surface area contributed by atoms with Gasteiger partial charge in [-0.15, -0.1) is 0 Å². The number of nitrogens with one attached hydrogen (secondary N) is 1. The maximum atomic E-state index is 12.5. The second-order valence-electron chi connectivity index (χ2n) is 6.30. The van der Waals surface area contributed by atoms with E-state index in [4.69, 9.17) is 5.73 Å². The highest BCUT2D eigenvalue weighted by Gasteiger charge is 2.40. The Morgan fingerprint density at radius 2 is 2.00 bits per heavy atom. The number of rotatable bonds is 4. The fourth-order valence-corrected chi connectivity index (χ4v) is 3.71. The molecule has 0 radical (unpaired) electrons. The number of hydrogen-bond acceptors (Lipinski definition) is 2. The number of hydrogen-bond donors (Lipinski definition) is 2. The topological polar surface area (TPSA) is 55.1 Å². The second kappa shape index (κ2) is 6.05. The molecule has 0 aromatic heterocycles. The van der Waals surface area contributed by atoms with Crippen molar-refractivity contribution in [3.63, 3.8) is 0 Å². The number of nitrogens with two attached hydrogens (primary N) is 1. The predicted molar refractivity (Wildman–Crippen MR) is 74.1 cm³/mol. The van der Waals surface area contributed by atoms with Gasteiger partial charge >= 0.3 is 0 Å². The van der Waals surface area contributed by atoms with Crippen LogP contribution in [-0.4, -0.2) is 18.5 Å². The van der Waals surface area contributed by atoms with E-state index in [2.05, 4.69) is 12.2 Å². The molecule has 0 aromatic carbocycles. The van der Waals surface area contributed by atoms with Crippen LogP contribution in [-0.2, 0) is 4.79 Å². The van der Waals surface area contributed by atoms with Crippen LogP contribution >= 0.6 is 0 Å². The number of carbonyl (C=O) groups is 1. The molecule has 2 saturated carbocycles. The first kappa shape index (κ1) is 13.9. The molecule has 0 aromatic rings. The van der Waals surface area contributed by atoms with Gasteiger partial charge in [0.1, 0.15) is 0 Å². The van der Waals surface area contributed by atoms with Gasteiger partial charge in [-0.2, -0.15) is 0 Å². The zero-order valence-electron chi connectivity index (χ0n) is 11.7. The minimum atomic E-state index is -0.237. The summed E-state index contributed by atoms with van der Waals surface area (Å²) in [6.45, 7) is 2.77. The average Bonchev–Trinajstić information content (AvgIpc) is 2.89. The van der Waals surface area contributed by atoms with Crippen molar-refractivity contribution >= 4 is 5.91 Å². The molecule has 2 fully saturated rings. The maximum absolute atomic E-state index is 12.5. The van der Waals surface area contributed by atoms with Crippen molar-refractivity contribution in [1.82, 2.24) is 5.32 Å². The molecular weight excluding hydrogens is 224 g/mol. The van der Waals surface area contributed by atoms with Crippen LogP contribution in [0.25, 0.3) is 0 Å². The van der Waals surface area contributed by atoms with E-state index >= 15 is 0 Å². The quantitative estimate of drug-likeness (QED) is 0.808. The summed E-state index contributed by atoms with van der Waals surface area (Å²) in [5, 5.41) is 3.30. The first-order valence-corrected chi connectivity index (χ1v) is 7.71. The Labute approximate surface area is 111 Å². The molecule has 2 unspecified atom stereocenters. The van der Waals surface area contributed by atoms with Crippen LogP contribution in [0.5, 0.6) is 0 Å². The molecule has 0 saturated heterocycles. The van der Waals surface area contributed by atoms with Crippen LogP contribution in [0.3, 0.4) is 0 Å². The van der Waals surface area contributed by atoms with E-state index in [1.807, 2.05) is 0 Å². The molecule has 1 amide bonds. The second-order valence-corrected chi connectivity index (χ2v) is 6.30. The Bertz CT molecular complexity index is 284. The molecule has 2 atom stereocenters. The Kier molecular flexibility index (Phi) is 4.66. The van der Waals surface area contributed by atoms with E-state index in [0.29, 0.717) is 12.6 Å². The molecule has 0 bridgehead atoms.